The number of fused-ring (bicyclic) bond motifs is 1. The van der Waals surface area contributed by atoms with Crippen molar-refractivity contribution in [2.75, 3.05) is 18.6 Å². The first-order valence-corrected chi connectivity index (χ1v) is 11.0. The van der Waals surface area contributed by atoms with Crippen molar-refractivity contribution in [3.05, 3.63) is 64.4 Å². The Morgan fingerprint density at radius 3 is 2.62 bits per heavy atom. The summed E-state index contributed by atoms with van der Waals surface area (Å²) in [4.78, 5) is 17.5. The van der Waals surface area contributed by atoms with Crippen molar-refractivity contribution in [3.63, 3.8) is 0 Å². The van der Waals surface area contributed by atoms with Gasteiger partial charge in [0, 0.05) is 23.1 Å². The predicted molar refractivity (Wildman–Crippen MR) is 112 cm³/mol. The quantitative estimate of drug-likeness (QED) is 0.663. The molecule has 0 spiro atoms. The molecule has 2 aromatic carbocycles. The third-order valence-electron chi connectivity index (χ3n) is 5.04. The molecule has 0 radical (unpaired) electrons. The Hall–Kier alpha value is -3.13. The van der Waals surface area contributed by atoms with Gasteiger partial charge in [-0.2, -0.15) is 0 Å². The van der Waals surface area contributed by atoms with Gasteiger partial charge in [0.05, 0.1) is 35.9 Å². The van der Waals surface area contributed by atoms with E-state index in [2.05, 4.69) is 4.99 Å². The molecular weight excluding hydrogens is 392 g/mol. The van der Waals surface area contributed by atoms with Gasteiger partial charge in [-0.25, -0.2) is 13.0 Å². The highest BCUT2D eigenvalue weighted by Gasteiger charge is 2.27. The van der Waals surface area contributed by atoms with E-state index >= 15 is 0 Å². The maximum absolute atomic E-state index is 13.1. The van der Waals surface area contributed by atoms with E-state index < -0.39 is 9.84 Å². The molecule has 1 N–H and O–H groups in total. The highest BCUT2D eigenvalue weighted by Crippen LogP contribution is 2.27. The zero-order chi connectivity index (χ0) is 20.6. The fourth-order valence-electron chi connectivity index (χ4n) is 3.55. The van der Waals surface area contributed by atoms with Gasteiger partial charge in [0.15, 0.2) is 9.84 Å². The van der Waals surface area contributed by atoms with E-state index in [0.29, 0.717) is 34.2 Å². The summed E-state index contributed by atoms with van der Waals surface area (Å²) in [5, 5.41) is 12.0. The molecule has 2 heterocycles. The number of rotatable bonds is 4. The lowest BCUT2D eigenvalue weighted by atomic mass is 10.1. The number of hydrogen-bond donors (Lipinski definition) is 1. The van der Waals surface area contributed by atoms with E-state index in [1.165, 1.54) is 17.9 Å². The van der Waals surface area contributed by atoms with Gasteiger partial charge < -0.3 is 9.84 Å². The number of aliphatic imine (C=N–C) groups is 1. The van der Waals surface area contributed by atoms with Crippen LogP contribution in [-0.2, 0) is 9.84 Å². The fourth-order valence-corrected chi connectivity index (χ4v) is 5.19. The Bertz CT molecular complexity index is 1280. The molecule has 7 nitrogen and oxygen atoms in total. The minimum absolute atomic E-state index is 0.00226. The van der Waals surface area contributed by atoms with Gasteiger partial charge >= 0.3 is 0 Å². The lowest BCUT2D eigenvalue weighted by Gasteiger charge is -2.14. The first-order chi connectivity index (χ1) is 13.9. The molecule has 1 aliphatic rings. The van der Waals surface area contributed by atoms with E-state index in [1.807, 2.05) is 0 Å². The molecule has 3 aromatic rings. The van der Waals surface area contributed by atoms with E-state index in [-0.39, 0.29) is 29.0 Å². The molecule has 1 aliphatic heterocycles. The van der Waals surface area contributed by atoms with Crippen LogP contribution in [0.4, 0.5) is 0 Å². The van der Waals surface area contributed by atoms with Gasteiger partial charge in [-0.1, -0.05) is 24.3 Å². The van der Waals surface area contributed by atoms with Gasteiger partial charge in [-0.15, -0.1) is 0 Å². The molecule has 1 saturated heterocycles. The molecule has 0 amide bonds. The van der Waals surface area contributed by atoms with Crippen molar-refractivity contribution in [2.24, 2.45) is 4.99 Å². The first kappa shape index (κ1) is 19.2. The number of methoxy groups -OCH3 is 1. The van der Waals surface area contributed by atoms with Crippen molar-refractivity contribution in [1.82, 2.24) is 4.57 Å². The summed E-state index contributed by atoms with van der Waals surface area (Å²) in [7, 11) is -1.54. The Balaban J connectivity index is 1.91. The maximum Gasteiger partial charge on any atom is 0.265 e. The Morgan fingerprint density at radius 2 is 1.93 bits per heavy atom. The van der Waals surface area contributed by atoms with Gasteiger partial charge in [0.25, 0.3) is 5.56 Å². The van der Waals surface area contributed by atoms with Crippen LogP contribution in [0.15, 0.2) is 58.3 Å². The number of hydrogen-bond acceptors (Lipinski definition) is 6. The van der Waals surface area contributed by atoms with Crippen LogP contribution in [0.2, 0.25) is 0 Å². The van der Waals surface area contributed by atoms with Crippen molar-refractivity contribution in [2.45, 2.75) is 12.5 Å². The lowest BCUT2D eigenvalue weighted by Crippen LogP contribution is -2.20. The van der Waals surface area contributed by atoms with Crippen LogP contribution >= 0.6 is 0 Å². The summed E-state index contributed by atoms with van der Waals surface area (Å²) < 4.78 is 29.8. The van der Waals surface area contributed by atoms with E-state index in [1.54, 1.807) is 48.5 Å². The number of benzene rings is 2. The summed E-state index contributed by atoms with van der Waals surface area (Å²) in [6, 6.07) is 13.4. The largest absolute Gasteiger partial charge is 0.497 e. The molecular formula is C21H20N2O5S. The Morgan fingerprint density at radius 1 is 1.17 bits per heavy atom. The van der Waals surface area contributed by atoms with Crippen LogP contribution in [0.5, 0.6) is 11.6 Å². The SMILES string of the molecule is COc1cccc(-n2c(O)c(C=N[C@@H]3CCS(=O)(=O)C3)c3ccccc3c2=O)c1. The van der Waals surface area contributed by atoms with Gasteiger partial charge in [0.2, 0.25) is 5.88 Å². The fraction of sp³-hybridized carbons (Fsp3) is 0.238. The van der Waals surface area contributed by atoms with E-state index in [0.717, 1.165) is 0 Å². The van der Waals surface area contributed by atoms with Crippen LogP contribution < -0.4 is 10.3 Å². The zero-order valence-electron chi connectivity index (χ0n) is 15.8. The number of pyridine rings is 1. The second-order valence-corrected chi connectivity index (χ2v) is 9.19. The van der Waals surface area contributed by atoms with Crippen LogP contribution in [0.1, 0.15) is 12.0 Å². The number of sulfone groups is 1. The normalized spacial score (nSPS) is 18.4. The van der Waals surface area contributed by atoms with Crippen molar-refractivity contribution < 1.29 is 18.3 Å². The molecule has 0 aliphatic carbocycles. The van der Waals surface area contributed by atoms with Crippen molar-refractivity contribution in [3.8, 4) is 17.3 Å². The second-order valence-electron chi connectivity index (χ2n) is 6.96. The first-order valence-electron chi connectivity index (χ1n) is 9.14. The average molecular weight is 412 g/mol. The van der Waals surface area contributed by atoms with E-state index in [4.69, 9.17) is 4.74 Å². The summed E-state index contributed by atoms with van der Waals surface area (Å²) in [6.07, 6.45) is 1.92. The molecule has 0 saturated carbocycles. The predicted octanol–water partition coefficient (Wildman–Crippen LogP) is 2.31. The smallest absolute Gasteiger partial charge is 0.265 e. The summed E-state index contributed by atoms with van der Waals surface area (Å²) >= 11 is 0. The molecule has 1 atom stereocenters. The molecule has 0 unspecified atom stereocenters. The second kappa shape index (κ2) is 7.36. The van der Waals surface area contributed by atoms with Crippen molar-refractivity contribution in [1.29, 1.82) is 0 Å². The molecule has 1 fully saturated rings. The number of ether oxygens (including phenoxy) is 1. The topological polar surface area (TPSA) is 98.0 Å². The Kier molecular flexibility index (Phi) is 4.87. The number of nitrogens with zero attached hydrogens (tertiary/aromatic N) is 2. The summed E-state index contributed by atoms with van der Waals surface area (Å²) in [5.41, 5.74) is 0.454. The average Bonchev–Trinajstić information content (AvgIpc) is 3.07. The summed E-state index contributed by atoms with van der Waals surface area (Å²) in [5.74, 6) is 0.405. The summed E-state index contributed by atoms with van der Waals surface area (Å²) in [6.45, 7) is 0. The van der Waals surface area contributed by atoms with Crippen molar-refractivity contribution >= 4 is 26.8 Å². The van der Waals surface area contributed by atoms with Gasteiger partial charge in [0.1, 0.15) is 5.75 Å². The highest BCUT2D eigenvalue weighted by molar-refractivity contribution is 7.91. The van der Waals surface area contributed by atoms with Gasteiger partial charge in [-0.05, 0) is 24.6 Å². The van der Waals surface area contributed by atoms with Crippen LogP contribution in [0.3, 0.4) is 0 Å². The molecule has 150 valence electrons. The lowest BCUT2D eigenvalue weighted by molar-refractivity contribution is 0.413. The molecule has 1 aromatic heterocycles. The Labute approximate surface area is 167 Å². The van der Waals surface area contributed by atoms with Gasteiger partial charge in [-0.3, -0.25) is 9.79 Å². The standard InChI is InChI=1S/C21H20N2O5S/c1-28-16-6-4-5-15(11-16)23-20(24)18-8-3-2-7-17(18)19(21(23)25)12-22-14-9-10-29(26,27)13-14/h2-8,11-12,14,25H,9-10,13H2,1H3/t14-/m1/s1. The third kappa shape index (κ3) is 3.63. The maximum atomic E-state index is 13.1. The number of aromatic hydroxyl groups is 1. The third-order valence-corrected chi connectivity index (χ3v) is 6.79. The zero-order valence-corrected chi connectivity index (χ0v) is 16.6. The molecule has 29 heavy (non-hydrogen) atoms. The molecule has 0 bridgehead atoms. The van der Waals surface area contributed by atoms with Crippen LogP contribution in [0.25, 0.3) is 16.5 Å². The van der Waals surface area contributed by atoms with E-state index in [9.17, 15) is 18.3 Å². The number of aromatic nitrogens is 1. The minimum Gasteiger partial charge on any atom is -0.497 e. The molecule has 8 heteroatoms. The monoisotopic (exact) mass is 412 g/mol. The minimum atomic E-state index is -3.06. The van der Waals surface area contributed by atoms with Crippen LogP contribution in [0, 0.1) is 0 Å². The van der Waals surface area contributed by atoms with Crippen LogP contribution in [-0.4, -0.2) is 49.0 Å². The highest BCUT2D eigenvalue weighted by atomic mass is 32.2. The molecule has 4 rings (SSSR count).